The third kappa shape index (κ3) is 2.05. The van der Waals surface area contributed by atoms with Crippen molar-refractivity contribution in [3.63, 3.8) is 0 Å². The molecule has 1 heterocycles. The monoisotopic (exact) mass is 245 g/mol. The second-order valence-corrected chi connectivity index (χ2v) is 6.67. The van der Waals surface area contributed by atoms with E-state index in [2.05, 4.69) is 59.0 Å². The molecule has 2 heteroatoms. The molecule has 98 valence electrons. The van der Waals surface area contributed by atoms with Crippen molar-refractivity contribution in [3.05, 3.63) is 28.8 Å². The van der Waals surface area contributed by atoms with E-state index in [9.17, 15) is 4.79 Å². The van der Waals surface area contributed by atoms with Crippen LogP contribution < -0.4 is 5.32 Å². The van der Waals surface area contributed by atoms with Crippen LogP contribution in [0.3, 0.4) is 0 Å². The van der Waals surface area contributed by atoms with Crippen LogP contribution in [0.4, 0.5) is 5.69 Å². The number of fused-ring (bicyclic) bond motifs is 1. The molecule has 2 nitrogen and oxygen atoms in total. The Morgan fingerprint density at radius 3 is 2.39 bits per heavy atom. The van der Waals surface area contributed by atoms with Crippen molar-refractivity contribution >= 4 is 11.6 Å². The van der Waals surface area contributed by atoms with E-state index in [0.717, 1.165) is 5.69 Å². The molecule has 0 radical (unpaired) electrons. The molecule has 0 fully saturated rings. The molecule has 0 aliphatic carbocycles. The summed E-state index contributed by atoms with van der Waals surface area (Å²) < 4.78 is 0. The molecule has 0 saturated carbocycles. The Labute approximate surface area is 110 Å². The molecule has 1 amide bonds. The number of hydrogen-bond donors (Lipinski definition) is 1. The first-order valence-corrected chi connectivity index (χ1v) is 6.64. The first-order valence-electron chi connectivity index (χ1n) is 6.64. The number of amides is 1. The summed E-state index contributed by atoms with van der Waals surface area (Å²) in [4.78, 5) is 12.3. The van der Waals surface area contributed by atoms with Gasteiger partial charge in [0.05, 0.1) is 5.92 Å². The number of aryl methyl sites for hydroxylation is 2. The van der Waals surface area contributed by atoms with E-state index in [4.69, 9.17) is 0 Å². The SMILES string of the molecule is Cc1cc(C)c2c(c1)C(C(C)C(C)(C)C)C(=O)N2. The Morgan fingerprint density at radius 1 is 1.22 bits per heavy atom. The fourth-order valence-corrected chi connectivity index (χ4v) is 2.76. The third-order valence-electron chi connectivity index (χ3n) is 4.24. The first kappa shape index (κ1) is 13.1. The van der Waals surface area contributed by atoms with Gasteiger partial charge in [0, 0.05) is 5.69 Å². The molecule has 0 saturated heterocycles. The van der Waals surface area contributed by atoms with Crippen molar-refractivity contribution in [2.75, 3.05) is 5.32 Å². The average molecular weight is 245 g/mol. The Balaban J connectivity index is 2.51. The highest BCUT2D eigenvalue weighted by Crippen LogP contribution is 2.45. The van der Waals surface area contributed by atoms with Crippen LogP contribution in [0.15, 0.2) is 12.1 Å². The Hall–Kier alpha value is -1.31. The highest BCUT2D eigenvalue weighted by molar-refractivity contribution is 6.04. The number of hydrogen-bond acceptors (Lipinski definition) is 1. The summed E-state index contributed by atoms with van der Waals surface area (Å²) in [6, 6.07) is 4.29. The van der Waals surface area contributed by atoms with Crippen LogP contribution in [0.1, 0.15) is 50.3 Å². The minimum Gasteiger partial charge on any atom is -0.325 e. The molecule has 1 aromatic carbocycles. The van der Waals surface area contributed by atoms with Gasteiger partial charge in [0.2, 0.25) is 5.91 Å². The molecule has 0 aromatic heterocycles. The number of rotatable bonds is 1. The molecule has 2 unspecified atom stereocenters. The predicted octanol–water partition coefficient (Wildman–Crippen LogP) is 4.02. The summed E-state index contributed by atoms with van der Waals surface area (Å²) in [7, 11) is 0. The quantitative estimate of drug-likeness (QED) is 0.795. The first-order chi connectivity index (χ1) is 8.21. The lowest BCUT2D eigenvalue weighted by Crippen LogP contribution is -2.28. The third-order valence-corrected chi connectivity index (χ3v) is 4.24. The molecule has 1 aromatic rings. The lowest BCUT2D eigenvalue weighted by Gasteiger charge is -2.31. The van der Waals surface area contributed by atoms with Crippen LogP contribution >= 0.6 is 0 Å². The predicted molar refractivity (Wildman–Crippen MR) is 75.9 cm³/mol. The van der Waals surface area contributed by atoms with Gasteiger partial charge in [0.15, 0.2) is 0 Å². The molecule has 0 bridgehead atoms. The smallest absolute Gasteiger partial charge is 0.232 e. The summed E-state index contributed by atoms with van der Waals surface area (Å²) in [5.41, 5.74) is 4.74. The van der Waals surface area contributed by atoms with Crippen LogP contribution in [0.2, 0.25) is 0 Å². The molecule has 1 aliphatic heterocycles. The fraction of sp³-hybridized carbons (Fsp3) is 0.562. The summed E-state index contributed by atoms with van der Waals surface area (Å²) >= 11 is 0. The molecule has 2 atom stereocenters. The highest BCUT2D eigenvalue weighted by atomic mass is 16.2. The van der Waals surface area contributed by atoms with E-state index in [1.807, 2.05) is 0 Å². The van der Waals surface area contributed by atoms with Crippen molar-refractivity contribution in [2.24, 2.45) is 11.3 Å². The van der Waals surface area contributed by atoms with Crippen molar-refractivity contribution in [2.45, 2.75) is 47.5 Å². The second-order valence-electron chi connectivity index (χ2n) is 6.67. The van der Waals surface area contributed by atoms with Crippen LogP contribution in [0.5, 0.6) is 0 Å². The minimum atomic E-state index is -0.0152. The largest absolute Gasteiger partial charge is 0.325 e. The van der Waals surface area contributed by atoms with Gasteiger partial charge in [0.25, 0.3) is 0 Å². The van der Waals surface area contributed by atoms with Crippen molar-refractivity contribution in [1.82, 2.24) is 0 Å². The normalized spacial score (nSPS) is 20.6. The van der Waals surface area contributed by atoms with Crippen molar-refractivity contribution in [1.29, 1.82) is 0 Å². The van der Waals surface area contributed by atoms with Gasteiger partial charge in [-0.1, -0.05) is 45.4 Å². The van der Waals surface area contributed by atoms with Gasteiger partial charge in [-0.15, -0.1) is 0 Å². The van der Waals surface area contributed by atoms with Crippen LogP contribution in [-0.2, 0) is 4.79 Å². The zero-order valence-corrected chi connectivity index (χ0v) is 12.2. The van der Waals surface area contributed by atoms with E-state index in [1.165, 1.54) is 16.7 Å². The average Bonchev–Trinajstić information content (AvgIpc) is 2.52. The molecule has 0 spiro atoms. The topological polar surface area (TPSA) is 29.1 Å². The molecule has 2 rings (SSSR count). The second kappa shape index (κ2) is 4.11. The molecule has 1 aliphatic rings. The molecular weight excluding hydrogens is 222 g/mol. The highest BCUT2D eigenvalue weighted by Gasteiger charge is 2.40. The van der Waals surface area contributed by atoms with Crippen molar-refractivity contribution < 1.29 is 4.79 Å². The summed E-state index contributed by atoms with van der Waals surface area (Å²) in [6.07, 6.45) is 0. The lowest BCUT2D eigenvalue weighted by molar-refractivity contribution is -0.118. The van der Waals surface area contributed by atoms with E-state index >= 15 is 0 Å². The summed E-state index contributed by atoms with van der Waals surface area (Å²) in [5.74, 6) is 0.458. The van der Waals surface area contributed by atoms with E-state index in [-0.39, 0.29) is 17.2 Å². The molecule has 18 heavy (non-hydrogen) atoms. The standard InChI is InChI=1S/C16H23NO/c1-9-7-10(2)14-12(8-9)13(15(18)17-14)11(3)16(4,5)6/h7-8,11,13H,1-6H3,(H,17,18). The maximum Gasteiger partial charge on any atom is 0.232 e. The minimum absolute atomic E-state index is 0.0152. The number of carbonyl (C=O) groups is 1. The number of anilines is 1. The van der Waals surface area contributed by atoms with E-state index < -0.39 is 0 Å². The summed E-state index contributed by atoms with van der Waals surface area (Å²) in [5, 5.41) is 3.06. The number of benzene rings is 1. The number of carbonyl (C=O) groups excluding carboxylic acids is 1. The Kier molecular flexibility index (Phi) is 3.00. The maximum absolute atomic E-state index is 12.3. The van der Waals surface area contributed by atoms with Crippen LogP contribution in [0, 0.1) is 25.2 Å². The maximum atomic E-state index is 12.3. The van der Waals surface area contributed by atoms with Gasteiger partial charge in [-0.25, -0.2) is 0 Å². The van der Waals surface area contributed by atoms with E-state index in [1.54, 1.807) is 0 Å². The Bertz CT molecular complexity index is 497. The van der Waals surface area contributed by atoms with Crippen LogP contribution in [0.25, 0.3) is 0 Å². The fourth-order valence-electron chi connectivity index (χ4n) is 2.76. The van der Waals surface area contributed by atoms with Crippen LogP contribution in [-0.4, -0.2) is 5.91 Å². The van der Waals surface area contributed by atoms with Gasteiger partial charge in [0.1, 0.15) is 0 Å². The lowest BCUT2D eigenvalue weighted by atomic mass is 9.72. The molecule has 1 N–H and O–H groups in total. The van der Waals surface area contributed by atoms with Gasteiger partial charge >= 0.3 is 0 Å². The Morgan fingerprint density at radius 2 is 1.83 bits per heavy atom. The number of nitrogens with one attached hydrogen (secondary N) is 1. The summed E-state index contributed by atoms with van der Waals surface area (Å²) in [6.45, 7) is 12.9. The van der Waals surface area contributed by atoms with Gasteiger partial charge in [-0.05, 0) is 36.3 Å². The van der Waals surface area contributed by atoms with Gasteiger partial charge in [-0.3, -0.25) is 4.79 Å². The zero-order valence-electron chi connectivity index (χ0n) is 12.2. The van der Waals surface area contributed by atoms with Gasteiger partial charge in [-0.2, -0.15) is 0 Å². The zero-order chi connectivity index (χ0) is 13.7. The van der Waals surface area contributed by atoms with Crippen molar-refractivity contribution in [3.8, 4) is 0 Å². The van der Waals surface area contributed by atoms with Gasteiger partial charge < -0.3 is 5.32 Å². The molecular formula is C16H23NO. The van der Waals surface area contributed by atoms with E-state index in [0.29, 0.717) is 5.92 Å².